The highest BCUT2D eigenvalue weighted by Crippen LogP contribution is 2.41. The Morgan fingerprint density at radius 2 is 2.19 bits per heavy atom. The molecule has 1 amide bonds. The number of aromatic nitrogens is 3. The molecular weight excluding hydrogens is 270 g/mol. The second-order valence-electron chi connectivity index (χ2n) is 6.51. The van der Waals surface area contributed by atoms with E-state index in [1.165, 1.54) is 15.6 Å². The summed E-state index contributed by atoms with van der Waals surface area (Å²) in [6, 6.07) is 0.245. The largest absolute Gasteiger partial charge is 0.345 e. The van der Waals surface area contributed by atoms with Crippen LogP contribution in [-0.4, -0.2) is 50.8 Å². The number of nitrogens with zero attached hydrogens (tertiary/aromatic N) is 4. The molecule has 3 rings (SSSR count). The molecule has 1 aromatic rings. The van der Waals surface area contributed by atoms with Crippen LogP contribution in [0.4, 0.5) is 0 Å². The summed E-state index contributed by atoms with van der Waals surface area (Å²) in [5.74, 6) is -0.00120. The molecule has 0 aromatic carbocycles. The Labute approximate surface area is 123 Å². The summed E-state index contributed by atoms with van der Waals surface area (Å²) < 4.78 is 2.62. The molecule has 1 aromatic heterocycles. The molecule has 2 fully saturated rings. The lowest BCUT2D eigenvalue weighted by atomic mass is 9.77. The highest BCUT2D eigenvalue weighted by atomic mass is 16.2. The maximum atomic E-state index is 12.5. The van der Waals surface area contributed by atoms with Gasteiger partial charge in [0.1, 0.15) is 12.9 Å². The predicted octanol–water partition coefficient (Wildman–Crippen LogP) is -0.428. The van der Waals surface area contributed by atoms with Gasteiger partial charge in [0.15, 0.2) is 0 Å². The van der Waals surface area contributed by atoms with Crippen molar-refractivity contribution in [1.82, 2.24) is 24.6 Å². The van der Waals surface area contributed by atoms with Crippen LogP contribution >= 0.6 is 0 Å². The van der Waals surface area contributed by atoms with Crippen LogP contribution < -0.4 is 11.0 Å². The van der Waals surface area contributed by atoms with Crippen molar-refractivity contribution in [2.75, 3.05) is 19.6 Å². The van der Waals surface area contributed by atoms with E-state index in [4.69, 9.17) is 0 Å². The number of carbonyl (C=O) groups excluding carboxylic acids is 1. The van der Waals surface area contributed by atoms with Crippen LogP contribution in [0.15, 0.2) is 11.1 Å². The molecule has 2 aliphatic rings. The number of aryl methyl sites for hydroxylation is 1. The van der Waals surface area contributed by atoms with Crippen molar-refractivity contribution in [3.05, 3.63) is 16.8 Å². The molecule has 0 aliphatic carbocycles. The molecule has 0 radical (unpaired) electrons. The van der Waals surface area contributed by atoms with Gasteiger partial charge in [-0.05, 0) is 44.7 Å². The van der Waals surface area contributed by atoms with Crippen LogP contribution in [0.1, 0.15) is 26.2 Å². The monoisotopic (exact) mass is 293 g/mol. The van der Waals surface area contributed by atoms with Gasteiger partial charge in [-0.3, -0.25) is 9.36 Å². The van der Waals surface area contributed by atoms with E-state index in [0.29, 0.717) is 0 Å². The average molecular weight is 293 g/mol. The van der Waals surface area contributed by atoms with Gasteiger partial charge < -0.3 is 10.2 Å². The lowest BCUT2D eigenvalue weighted by Gasteiger charge is -2.33. The van der Waals surface area contributed by atoms with Crippen molar-refractivity contribution in [3.63, 3.8) is 0 Å². The fourth-order valence-electron chi connectivity index (χ4n) is 3.72. The first-order valence-corrected chi connectivity index (χ1v) is 7.59. The Balaban J connectivity index is 1.70. The van der Waals surface area contributed by atoms with Gasteiger partial charge in [0.05, 0.1) is 0 Å². The van der Waals surface area contributed by atoms with Crippen molar-refractivity contribution in [2.45, 2.75) is 38.8 Å². The molecule has 2 aliphatic heterocycles. The molecule has 2 saturated heterocycles. The van der Waals surface area contributed by atoms with E-state index in [1.807, 2.05) is 4.90 Å². The molecular formula is C14H23N5O2. The van der Waals surface area contributed by atoms with E-state index < -0.39 is 0 Å². The lowest BCUT2D eigenvalue weighted by Crippen LogP contribution is -2.42. The molecule has 116 valence electrons. The number of hydrogen-bond acceptors (Lipinski definition) is 4. The molecule has 1 spiro atoms. The Bertz CT molecular complexity index is 584. The molecule has 1 N–H and O–H groups in total. The summed E-state index contributed by atoms with van der Waals surface area (Å²) in [5, 5.41) is 7.35. The van der Waals surface area contributed by atoms with E-state index in [-0.39, 0.29) is 29.6 Å². The Morgan fingerprint density at radius 3 is 2.81 bits per heavy atom. The third-order valence-corrected chi connectivity index (χ3v) is 4.92. The maximum Gasteiger partial charge on any atom is 0.345 e. The van der Waals surface area contributed by atoms with Gasteiger partial charge in [-0.1, -0.05) is 0 Å². The van der Waals surface area contributed by atoms with E-state index in [9.17, 15) is 9.59 Å². The fraction of sp³-hybridized carbons (Fsp3) is 0.786. The SMILES string of the molecule is C[C@H]1CC2(CCNCC2)CN1C(=O)Cn1ncn(C)c1=O. The zero-order valence-electron chi connectivity index (χ0n) is 12.7. The first-order chi connectivity index (χ1) is 10.0. The normalized spacial score (nSPS) is 24.7. The fourth-order valence-corrected chi connectivity index (χ4v) is 3.72. The summed E-state index contributed by atoms with van der Waals surface area (Å²) in [6.45, 7) is 5.04. The standard InChI is InChI=1S/C14H23N5O2/c1-11-7-14(3-5-15-6-4-14)9-18(11)12(20)8-19-13(21)17(2)10-16-19/h10-11,15H,3-9H2,1-2H3/t11-/m0/s1. The Hall–Kier alpha value is -1.63. The van der Waals surface area contributed by atoms with Crippen LogP contribution in [0, 0.1) is 5.41 Å². The van der Waals surface area contributed by atoms with Gasteiger partial charge in [-0.2, -0.15) is 5.10 Å². The first-order valence-electron chi connectivity index (χ1n) is 7.59. The Morgan fingerprint density at radius 1 is 1.48 bits per heavy atom. The summed E-state index contributed by atoms with van der Waals surface area (Å²) in [6.07, 6.45) is 4.77. The highest BCUT2D eigenvalue weighted by molar-refractivity contribution is 5.76. The quantitative estimate of drug-likeness (QED) is 0.803. The number of rotatable bonds is 2. The molecule has 3 heterocycles. The van der Waals surface area contributed by atoms with E-state index in [1.54, 1.807) is 7.05 Å². The average Bonchev–Trinajstić information content (AvgIpc) is 2.94. The first kappa shape index (κ1) is 14.3. The predicted molar refractivity (Wildman–Crippen MR) is 77.8 cm³/mol. The van der Waals surface area contributed by atoms with E-state index in [2.05, 4.69) is 17.3 Å². The van der Waals surface area contributed by atoms with Gasteiger partial charge in [0, 0.05) is 19.6 Å². The van der Waals surface area contributed by atoms with Gasteiger partial charge in [0.25, 0.3) is 0 Å². The number of likely N-dealkylation sites (tertiary alicyclic amines) is 1. The number of piperidine rings is 1. The molecule has 0 bridgehead atoms. The van der Waals surface area contributed by atoms with Gasteiger partial charge in [0.2, 0.25) is 5.91 Å². The van der Waals surface area contributed by atoms with Crippen LogP contribution in [0.3, 0.4) is 0 Å². The smallest absolute Gasteiger partial charge is 0.338 e. The number of hydrogen-bond donors (Lipinski definition) is 1. The molecule has 7 nitrogen and oxygen atoms in total. The van der Waals surface area contributed by atoms with Gasteiger partial charge in [-0.25, -0.2) is 9.48 Å². The maximum absolute atomic E-state index is 12.5. The molecule has 0 unspecified atom stereocenters. The number of amides is 1. The molecule has 21 heavy (non-hydrogen) atoms. The van der Waals surface area contributed by atoms with Gasteiger partial charge >= 0.3 is 5.69 Å². The minimum atomic E-state index is -0.244. The van der Waals surface area contributed by atoms with Crippen molar-refractivity contribution in [2.24, 2.45) is 12.5 Å². The molecule has 0 saturated carbocycles. The van der Waals surface area contributed by atoms with Crippen LogP contribution in [0.2, 0.25) is 0 Å². The molecule has 7 heteroatoms. The summed E-state index contributed by atoms with van der Waals surface area (Å²) >= 11 is 0. The molecule has 1 atom stereocenters. The van der Waals surface area contributed by atoms with Crippen molar-refractivity contribution >= 4 is 5.91 Å². The third-order valence-electron chi connectivity index (χ3n) is 4.92. The number of carbonyl (C=O) groups is 1. The van der Waals surface area contributed by atoms with Gasteiger partial charge in [-0.15, -0.1) is 0 Å². The third kappa shape index (κ3) is 2.62. The second kappa shape index (κ2) is 5.29. The lowest BCUT2D eigenvalue weighted by molar-refractivity contribution is -0.133. The van der Waals surface area contributed by atoms with Crippen LogP contribution in [0.25, 0.3) is 0 Å². The topological polar surface area (TPSA) is 72.2 Å². The van der Waals surface area contributed by atoms with Crippen LogP contribution in [-0.2, 0) is 18.4 Å². The minimum Gasteiger partial charge on any atom is -0.338 e. The van der Waals surface area contributed by atoms with Crippen molar-refractivity contribution < 1.29 is 4.79 Å². The van der Waals surface area contributed by atoms with Crippen molar-refractivity contribution in [1.29, 1.82) is 0 Å². The van der Waals surface area contributed by atoms with E-state index >= 15 is 0 Å². The summed E-state index contributed by atoms with van der Waals surface area (Å²) in [7, 11) is 1.64. The van der Waals surface area contributed by atoms with Crippen LogP contribution in [0.5, 0.6) is 0 Å². The second-order valence-corrected chi connectivity index (χ2v) is 6.51. The summed E-state index contributed by atoms with van der Waals surface area (Å²) in [5.41, 5.74) is 0.0295. The van der Waals surface area contributed by atoms with E-state index in [0.717, 1.165) is 38.9 Å². The number of nitrogens with one attached hydrogen (secondary N) is 1. The Kier molecular flexibility index (Phi) is 3.61. The van der Waals surface area contributed by atoms with Crippen molar-refractivity contribution in [3.8, 4) is 0 Å². The zero-order valence-corrected chi connectivity index (χ0v) is 12.7. The highest BCUT2D eigenvalue weighted by Gasteiger charge is 2.44. The summed E-state index contributed by atoms with van der Waals surface area (Å²) in [4.78, 5) is 26.2. The zero-order chi connectivity index (χ0) is 15.0. The minimum absolute atomic E-state index is 0.00120.